The number of aldehydes is 1. The number of carbonyl (C=O) groups excluding carboxylic acids is 1. The van der Waals surface area contributed by atoms with Crippen molar-refractivity contribution in [3.63, 3.8) is 0 Å². The lowest BCUT2D eigenvalue weighted by Gasteiger charge is -2.10. The first kappa shape index (κ1) is 14.1. The summed E-state index contributed by atoms with van der Waals surface area (Å²) in [4.78, 5) is 15.2. The van der Waals surface area contributed by atoms with E-state index in [1.165, 1.54) is 19.4 Å². The molecule has 0 aliphatic heterocycles. The summed E-state index contributed by atoms with van der Waals surface area (Å²) < 4.78 is 4.97. The Morgan fingerprint density at radius 1 is 1.16 bits per heavy atom. The van der Waals surface area contributed by atoms with Crippen LogP contribution >= 0.6 is 34.8 Å². The topological polar surface area (TPSA) is 39.2 Å². The molecule has 0 fully saturated rings. The maximum Gasteiger partial charge on any atom is 0.213 e. The summed E-state index contributed by atoms with van der Waals surface area (Å²) in [5, 5.41) is 0.877. The van der Waals surface area contributed by atoms with Crippen molar-refractivity contribution in [3.05, 3.63) is 45.0 Å². The summed E-state index contributed by atoms with van der Waals surface area (Å²) in [5.74, 6) is 0.349. The second-order valence-electron chi connectivity index (χ2n) is 3.65. The first-order chi connectivity index (χ1) is 9.08. The fourth-order valence-corrected chi connectivity index (χ4v) is 2.26. The number of aromatic nitrogens is 1. The molecular weight excluding hydrogens is 309 g/mol. The molecule has 0 N–H and O–H groups in total. The van der Waals surface area contributed by atoms with Crippen molar-refractivity contribution in [1.82, 2.24) is 4.98 Å². The van der Waals surface area contributed by atoms with E-state index in [9.17, 15) is 4.79 Å². The lowest BCUT2D eigenvalue weighted by atomic mass is 10.0. The van der Waals surface area contributed by atoms with Crippen LogP contribution in [-0.2, 0) is 0 Å². The van der Waals surface area contributed by atoms with Gasteiger partial charge in [0.2, 0.25) is 5.88 Å². The molecule has 0 spiro atoms. The molecule has 1 heterocycles. The molecule has 3 nitrogen and oxygen atoms in total. The summed E-state index contributed by atoms with van der Waals surface area (Å²) in [6.45, 7) is 0. The van der Waals surface area contributed by atoms with Gasteiger partial charge in [-0.3, -0.25) is 4.79 Å². The predicted octanol–water partition coefficient (Wildman–Crippen LogP) is 4.53. The number of methoxy groups -OCH3 is 1. The normalized spacial score (nSPS) is 10.3. The molecule has 2 aromatic rings. The van der Waals surface area contributed by atoms with E-state index in [0.717, 1.165) is 0 Å². The van der Waals surface area contributed by atoms with Crippen LogP contribution in [0.15, 0.2) is 24.4 Å². The third kappa shape index (κ3) is 2.68. The monoisotopic (exact) mass is 315 g/mol. The largest absolute Gasteiger partial charge is 0.481 e. The summed E-state index contributed by atoms with van der Waals surface area (Å²) in [6, 6.07) is 4.83. The quantitative estimate of drug-likeness (QED) is 0.617. The molecule has 0 bridgehead atoms. The van der Waals surface area contributed by atoms with Crippen LogP contribution in [0.4, 0.5) is 0 Å². The highest BCUT2D eigenvalue weighted by Crippen LogP contribution is 2.39. The van der Waals surface area contributed by atoms with Gasteiger partial charge >= 0.3 is 0 Å². The Kier molecular flexibility index (Phi) is 4.30. The molecule has 0 aliphatic rings. The number of nitrogens with zero attached hydrogens (tertiary/aromatic N) is 1. The predicted molar refractivity (Wildman–Crippen MR) is 76.6 cm³/mol. The van der Waals surface area contributed by atoms with Crippen LogP contribution in [-0.4, -0.2) is 18.4 Å². The van der Waals surface area contributed by atoms with E-state index in [4.69, 9.17) is 39.5 Å². The lowest BCUT2D eigenvalue weighted by molar-refractivity contribution is 0.112. The number of pyridine rings is 1. The van der Waals surface area contributed by atoms with Gasteiger partial charge in [-0.2, -0.15) is 0 Å². The van der Waals surface area contributed by atoms with E-state index < -0.39 is 0 Å². The summed E-state index contributed by atoms with van der Waals surface area (Å²) in [7, 11) is 1.47. The van der Waals surface area contributed by atoms with Gasteiger partial charge in [-0.25, -0.2) is 4.98 Å². The number of hydrogen-bond acceptors (Lipinski definition) is 3. The third-order valence-electron chi connectivity index (χ3n) is 2.57. The standard InChI is InChI=1S/C13H8Cl3NO2/c1-19-11-4-7(6-18)9(5-17-11)8-2-3-10(14)13(16)12(8)15/h2-6H,1H3. The van der Waals surface area contributed by atoms with Gasteiger partial charge in [0.05, 0.1) is 22.2 Å². The van der Waals surface area contributed by atoms with Gasteiger partial charge in [0.25, 0.3) is 0 Å². The summed E-state index contributed by atoms with van der Waals surface area (Å²) >= 11 is 18.0. The number of hydrogen-bond donors (Lipinski definition) is 0. The Balaban J connectivity index is 2.65. The average Bonchev–Trinajstić information content (AvgIpc) is 2.44. The van der Waals surface area contributed by atoms with Crippen molar-refractivity contribution in [1.29, 1.82) is 0 Å². The van der Waals surface area contributed by atoms with Crippen molar-refractivity contribution in [2.24, 2.45) is 0 Å². The molecule has 0 aliphatic carbocycles. The highest BCUT2D eigenvalue weighted by Gasteiger charge is 2.14. The van der Waals surface area contributed by atoms with E-state index in [1.807, 2.05) is 0 Å². The molecule has 1 aromatic heterocycles. The number of ether oxygens (including phenoxy) is 1. The first-order valence-corrected chi connectivity index (χ1v) is 6.35. The molecule has 98 valence electrons. The van der Waals surface area contributed by atoms with Crippen molar-refractivity contribution >= 4 is 41.1 Å². The Labute approximate surface area is 125 Å². The van der Waals surface area contributed by atoms with Gasteiger partial charge in [0.1, 0.15) is 0 Å². The maximum atomic E-state index is 11.1. The lowest BCUT2D eigenvalue weighted by Crippen LogP contribution is -1.94. The molecule has 0 saturated carbocycles. The van der Waals surface area contributed by atoms with Gasteiger partial charge in [-0.15, -0.1) is 0 Å². The molecule has 0 unspecified atom stereocenters. The van der Waals surface area contributed by atoms with E-state index >= 15 is 0 Å². The van der Waals surface area contributed by atoms with Gasteiger partial charge in [0, 0.05) is 29.0 Å². The van der Waals surface area contributed by atoms with Gasteiger partial charge < -0.3 is 4.74 Å². The van der Waals surface area contributed by atoms with Crippen LogP contribution in [0.1, 0.15) is 10.4 Å². The van der Waals surface area contributed by atoms with Crippen molar-refractivity contribution in [2.45, 2.75) is 0 Å². The van der Waals surface area contributed by atoms with E-state index in [2.05, 4.69) is 4.98 Å². The molecule has 0 saturated heterocycles. The number of benzene rings is 1. The van der Waals surface area contributed by atoms with Crippen molar-refractivity contribution in [2.75, 3.05) is 7.11 Å². The summed E-state index contributed by atoms with van der Waals surface area (Å²) in [6.07, 6.45) is 2.21. The maximum absolute atomic E-state index is 11.1. The minimum Gasteiger partial charge on any atom is -0.481 e. The molecular formula is C13H8Cl3NO2. The van der Waals surface area contributed by atoms with Crippen molar-refractivity contribution in [3.8, 4) is 17.0 Å². The Hall–Kier alpha value is -1.29. The fraction of sp³-hybridized carbons (Fsp3) is 0.0769. The minimum atomic E-state index is 0.244. The summed E-state index contributed by atoms with van der Waals surface area (Å²) in [5.41, 5.74) is 1.57. The SMILES string of the molecule is COc1cc(C=O)c(-c2ccc(Cl)c(Cl)c2Cl)cn1. The highest BCUT2D eigenvalue weighted by atomic mass is 35.5. The molecule has 2 rings (SSSR count). The van der Waals surface area contributed by atoms with Gasteiger partial charge in [-0.1, -0.05) is 40.9 Å². The Bertz CT molecular complexity index is 644. The Morgan fingerprint density at radius 3 is 2.53 bits per heavy atom. The molecule has 0 amide bonds. The molecule has 0 radical (unpaired) electrons. The smallest absolute Gasteiger partial charge is 0.213 e. The van der Waals surface area contributed by atoms with Gasteiger partial charge in [-0.05, 0) is 6.07 Å². The van der Waals surface area contributed by atoms with Crippen LogP contribution in [0.25, 0.3) is 11.1 Å². The second-order valence-corrected chi connectivity index (χ2v) is 4.82. The van der Waals surface area contributed by atoms with Crippen LogP contribution in [0.5, 0.6) is 5.88 Å². The minimum absolute atomic E-state index is 0.244. The zero-order valence-corrected chi connectivity index (χ0v) is 12.1. The van der Waals surface area contributed by atoms with Crippen LogP contribution < -0.4 is 4.74 Å². The van der Waals surface area contributed by atoms with Crippen LogP contribution in [0, 0.1) is 0 Å². The second kappa shape index (κ2) is 5.78. The van der Waals surface area contributed by atoms with Crippen molar-refractivity contribution < 1.29 is 9.53 Å². The number of carbonyl (C=O) groups is 1. The number of halogens is 3. The average molecular weight is 317 g/mol. The van der Waals surface area contributed by atoms with Crippen LogP contribution in [0.3, 0.4) is 0 Å². The molecule has 19 heavy (non-hydrogen) atoms. The number of rotatable bonds is 3. The fourth-order valence-electron chi connectivity index (χ4n) is 1.62. The zero-order chi connectivity index (χ0) is 14.0. The molecule has 6 heteroatoms. The Morgan fingerprint density at radius 2 is 1.89 bits per heavy atom. The van der Waals surface area contributed by atoms with Gasteiger partial charge in [0.15, 0.2) is 6.29 Å². The molecule has 0 atom stereocenters. The highest BCUT2D eigenvalue weighted by molar-refractivity contribution is 6.49. The first-order valence-electron chi connectivity index (χ1n) is 5.21. The zero-order valence-electron chi connectivity index (χ0n) is 9.78. The van der Waals surface area contributed by atoms with E-state index in [0.29, 0.717) is 33.9 Å². The van der Waals surface area contributed by atoms with E-state index in [1.54, 1.807) is 12.1 Å². The van der Waals surface area contributed by atoms with Crippen LogP contribution in [0.2, 0.25) is 15.1 Å². The molecule has 1 aromatic carbocycles. The third-order valence-corrected chi connectivity index (χ3v) is 3.87. The van der Waals surface area contributed by atoms with E-state index in [-0.39, 0.29) is 10.0 Å².